The van der Waals surface area contributed by atoms with Gasteiger partial charge in [0.25, 0.3) is 0 Å². The highest BCUT2D eigenvalue weighted by Gasteiger charge is 1.97. The second-order valence-corrected chi connectivity index (χ2v) is 3.79. The molecule has 0 radical (unpaired) electrons. The van der Waals surface area contributed by atoms with Crippen molar-refractivity contribution in [2.75, 3.05) is 19.0 Å². The molecule has 0 atom stereocenters. The van der Waals surface area contributed by atoms with Crippen LogP contribution in [0.4, 0.5) is 5.95 Å². The molecule has 0 aliphatic carbocycles. The van der Waals surface area contributed by atoms with Crippen LogP contribution in [0, 0.1) is 0 Å². The maximum Gasteiger partial charge on any atom is 0.222 e. The SMILES string of the molecule is COc1cnc(NCCc2ccc(O)cc2)nc1. The number of benzene rings is 1. The molecule has 1 aromatic carbocycles. The highest BCUT2D eigenvalue weighted by Crippen LogP contribution is 2.10. The number of aromatic nitrogens is 2. The fourth-order valence-electron chi connectivity index (χ4n) is 1.49. The van der Waals surface area contributed by atoms with Gasteiger partial charge in [-0.3, -0.25) is 0 Å². The van der Waals surface area contributed by atoms with Crippen molar-refractivity contribution >= 4 is 5.95 Å². The minimum Gasteiger partial charge on any atom is -0.508 e. The van der Waals surface area contributed by atoms with E-state index in [-0.39, 0.29) is 5.75 Å². The Hall–Kier alpha value is -2.30. The lowest BCUT2D eigenvalue weighted by Crippen LogP contribution is -2.07. The van der Waals surface area contributed by atoms with Crippen LogP contribution in [0.5, 0.6) is 11.5 Å². The molecule has 0 saturated carbocycles. The lowest BCUT2D eigenvalue weighted by molar-refractivity contribution is 0.411. The normalized spacial score (nSPS) is 10.1. The third kappa shape index (κ3) is 3.35. The molecule has 0 unspecified atom stereocenters. The summed E-state index contributed by atoms with van der Waals surface area (Å²) in [5, 5.41) is 12.3. The Morgan fingerprint density at radius 3 is 2.44 bits per heavy atom. The molecule has 5 nitrogen and oxygen atoms in total. The Morgan fingerprint density at radius 2 is 1.83 bits per heavy atom. The van der Waals surface area contributed by atoms with Crippen LogP contribution in [0.2, 0.25) is 0 Å². The van der Waals surface area contributed by atoms with Crippen molar-refractivity contribution in [3.8, 4) is 11.5 Å². The maximum absolute atomic E-state index is 9.16. The Bertz CT molecular complexity index is 483. The zero-order chi connectivity index (χ0) is 12.8. The highest BCUT2D eigenvalue weighted by atomic mass is 16.5. The van der Waals surface area contributed by atoms with Crippen LogP contribution in [-0.4, -0.2) is 28.7 Å². The summed E-state index contributed by atoms with van der Waals surface area (Å²) in [7, 11) is 1.58. The first-order valence-electron chi connectivity index (χ1n) is 5.66. The van der Waals surface area contributed by atoms with Crippen LogP contribution in [0.3, 0.4) is 0 Å². The third-order valence-corrected chi connectivity index (χ3v) is 2.50. The average molecular weight is 245 g/mol. The molecule has 2 rings (SSSR count). The Morgan fingerprint density at radius 1 is 1.17 bits per heavy atom. The largest absolute Gasteiger partial charge is 0.508 e. The third-order valence-electron chi connectivity index (χ3n) is 2.50. The average Bonchev–Trinajstić information content (AvgIpc) is 2.42. The van der Waals surface area contributed by atoms with E-state index in [2.05, 4.69) is 15.3 Å². The maximum atomic E-state index is 9.16. The predicted molar refractivity (Wildman–Crippen MR) is 68.9 cm³/mol. The van der Waals surface area contributed by atoms with Crippen LogP contribution in [-0.2, 0) is 6.42 Å². The standard InChI is InChI=1S/C13H15N3O2/c1-18-12-8-15-13(16-9-12)14-7-6-10-2-4-11(17)5-3-10/h2-5,8-9,17H,6-7H2,1H3,(H,14,15,16). The summed E-state index contributed by atoms with van der Waals surface area (Å²) >= 11 is 0. The van der Waals surface area contributed by atoms with Gasteiger partial charge in [-0.25, -0.2) is 9.97 Å². The van der Waals surface area contributed by atoms with Crippen molar-refractivity contribution in [2.45, 2.75) is 6.42 Å². The fourth-order valence-corrected chi connectivity index (χ4v) is 1.49. The molecule has 0 saturated heterocycles. The summed E-state index contributed by atoms with van der Waals surface area (Å²) < 4.78 is 4.98. The fraction of sp³-hybridized carbons (Fsp3) is 0.231. The van der Waals surface area contributed by atoms with Crippen molar-refractivity contribution in [3.63, 3.8) is 0 Å². The topological polar surface area (TPSA) is 67.3 Å². The van der Waals surface area contributed by atoms with E-state index < -0.39 is 0 Å². The molecule has 18 heavy (non-hydrogen) atoms. The van der Waals surface area contributed by atoms with Gasteiger partial charge in [0.2, 0.25) is 5.95 Å². The number of phenols is 1. The lowest BCUT2D eigenvalue weighted by Gasteiger charge is -2.05. The molecule has 1 aromatic heterocycles. The molecule has 0 bridgehead atoms. The summed E-state index contributed by atoms with van der Waals surface area (Å²) in [4.78, 5) is 8.22. The monoisotopic (exact) mass is 245 g/mol. The van der Waals surface area contributed by atoms with E-state index in [4.69, 9.17) is 9.84 Å². The zero-order valence-electron chi connectivity index (χ0n) is 10.1. The van der Waals surface area contributed by atoms with Crippen LogP contribution >= 0.6 is 0 Å². The molecule has 5 heteroatoms. The zero-order valence-corrected chi connectivity index (χ0v) is 10.1. The van der Waals surface area contributed by atoms with Gasteiger partial charge < -0.3 is 15.2 Å². The number of phenolic OH excluding ortho intramolecular Hbond substituents is 1. The minimum atomic E-state index is 0.283. The molecule has 0 amide bonds. The number of hydrogen-bond acceptors (Lipinski definition) is 5. The Balaban J connectivity index is 1.82. The summed E-state index contributed by atoms with van der Waals surface area (Å²) in [6, 6.07) is 7.15. The molecular weight excluding hydrogens is 230 g/mol. The van der Waals surface area contributed by atoms with Crippen molar-refractivity contribution in [3.05, 3.63) is 42.2 Å². The molecule has 0 aliphatic heterocycles. The number of methoxy groups -OCH3 is 1. The van der Waals surface area contributed by atoms with Crippen molar-refractivity contribution in [1.82, 2.24) is 9.97 Å². The van der Waals surface area contributed by atoms with Gasteiger partial charge in [0.1, 0.15) is 5.75 Å². The number of aromatic hydroxyl groups is 1. The number of anilines is 1. The molecule has 1 heterocycles. The van der Waals surface area contributed by atoms with E-state index in [0.29, 0.717) is 11.7 Å². The lowest BCUT2D eigenvalue weighted by atomic mass is 10.1. The number of nitrogens with one attached hydrogen (secondary N) is 1. The molecule has 2 N–H and O–H groups in total. The first-order chi connectivity index (χ1) is 8.78. The van der Waals surface area contributed by atoms with E-state index in [1.54, 1.807) is 31.6 Å². The number of hydrogen-bond donors (Lipinski definition) is 2. The molecular formula is C13H15N3O2. The van der Waals surface area contributed by atoms with Crippen LogP contribution in [0.15, 0.2) is 36.7 Å². The van der Waals surface area contributed by atoms with Crippen molar-refractivity contribution in [1.29, 1.82) is 0 Å². The van der Waals surface area contributed by atoms with Crippen LogP contribution in [0.25, 0.3) is 0 Å². The van der Waals surface area contributed by atoms with Gasteiger partial charge in [0, 0.05) is 6.54 Å². The molecule has 0 fully saturated rings. The van der Waals surface area contributed by atoms with Gasteiger partial charge in [0.05, 0.1) is 19.5 Å². The Kier molecular flexibility index (Phi) is 3.96. The quantitative estimate of drug-likeness (QED) is 0.841. The molecule has 2 aromatic rings. The number of rotatable bonds is 5. The summed E-state index contributed by atoms with van der Waals surface area (Å²) in [6.07, 6.45) is 4.08. The second-order valence-electron chi connectivity index (χ2n) is 3.79. The van der Waals surface area contributed by atoms with Crippen molar-refractivity contribution < 1.29 is 9.84 Å². The number of ether oxygens (including phenoxy) is 1. The molecule has 0 aliphatic rings. The summed E-state index contributed by atoms with van der Waals surface area (Å²) in [5.41, 5.74) is 1.15. The van der Waals surface area contributed by atoms with Gasteiger partial charge in [-0.1, -0.05) is 12.1 Å². The first kappa shape index (κ1) is 12.2. The van der Waals surface area contributed by atoms with Crippen LogP contribution in [0.1, 0.15) is 5.56 Å². The molecule has 0 spiro atoms. The van der Waals surface area contributed by atoms with E-state index in [1.165, 1.54) is 0 Å². The highest BCUT2D eigenvalue weighted by molar-refractivity contribution is 5.29. The summed E-state index contributed by atoms with van der Waals surface area (Å²) in [5.74, 6) is 1.50. The first-order valence-corrected chi connectivity index (χ1v) is 5.66. The van der Waals surface area contributed by atoms with Gasteiger partial charge in [-0.05, 0) is 24.1 Å². The van der Waals surface area contributed by atoms with E-state index in [1.807, 2.05) is 12.1 Å². The van der Waals surface area contributed by atoms with Crippen LogP contribution < -0.4 is 10.1 Å². The van der Waals surface area contributed by atoms with Gasteiger partial charge in [0.15, 0.2) is 5.75 Å². The van der Waals surface area contributed by atoms with E-state index in [0.717, 1.165) is 18.5 Å². The van der Waals surface area contributed by atoms with Gasteiger partial charge >= 0.3 is 0 Å². The minimum absolute atomic E-state index is 0.283. The second kappa shape index (κ2) is 5.86. The van der Waals surface area contributed by atoms with E-state index >= 15 is 0 Å². The number of nitrogens with zero attached hydrogens (tertiary/aromatic N) is 2. The van der Waals surface area contributed by atoms with Gasteiger partial charge in [-0.2, -0.15) is 0 Å². The van der Waals surface area contributed by atoms with Gasteiger partial charge in [-0.15, -0.1) is 0 Å². The Labute approximate surface area is 105 Å². The smallest absolute Gasteiger partial charge is 0.222 e. The summed E-state index contributed by atoms with van der Waals surface area (Å²) in [6.45, 7) is 0.733. The molecule has 94 valence electrons. The van der Waals surface area contributed by atoms with E-state index in [9.17, 15) is 0 Å². The predicted octanol–water partition coefficient (Wildman–Crippen LogP) is 1.85. The van der Waals surface area contributed by atoms with Crippen molar-refractivity contribution in [2.24, 2.45) is 0 Å².